The van der Waals surface area contributed by atoms with Gasteiger partial charge in [-0.25, -0.2) is 0 Å². The van der Waals surface area contributed by atoms with Crippen molar-refractivity contribution in [2.45, 2.75) is 13.8 Å². The molecular weight excluding hydrogens is 136 g/mol. The molecule has 2 heteroatoms. The molecule has 0 aromatic heterocycles. The number of rotatable bonds is 1. The molecule has 0 aliphatic rings. The third kappa shape index (κ3) is 1.71. The quantitative estimate of drug-likeness (QED) is 0.487. The summed E-state index contributed by atoms with van der Waals surface area (Å²) in [6.45, 7) is 4.01. The van der Waals surface area contributed by atoms with Crippen molar-refractivity contribution in [2.24, 2.45) is 0 Å². The van der Waals surface area contributed by atoms with E-state index in [-0.39, 0.29) is 0 Å². The first kappa shape index (κ1) is 7.62. The molecule has 0 fully saturated rings. The van der Waals surface area contributed by atoms with E-state index in [0.717, 1.165) is 11.3 Å². The van der Waals surface area contributed by atoms with Crippen molar-refractivity contribution in [3.63, 3.8) is 0 Å². The average molecular weight is 146 g/mol. The molecule has 56 valence electrons. The van der Waals surface area contributed by atoms with Crippen LogP contribution < -0.4 is 5.32 Å². The summed E-state index contributed by atoms with van der Waals surface area (Å²) in [6, 6.07) is 5.93. The predicted octanol–water partition coefficient (Wildman–Crippen LogP) is 2.20. The third-order valence-corrected chi connectivity index (χ3v) is 1.57. The van der Waals surface area contributed by atoms with E-state index in [1.165, 1.54) is 5.56 Å². The Hall–Kier alpha value is -1.49. The summed E-state index contributed by atoms with van der Waals surface area (Å²) in [7, 11) is 0. The van der Waals surface area contributed by atoms with Gasteiger partial charge in [0.25, 0.3) is 0 Å². The summed E-state index contributed by atoms with van der Waals surface area (Å²) in [4.78, 5) is 0. The molecule has 0 saturated heterocycles. The van der Waals surface area contributed by atoms with Gasteiger partial charge in [0.05, 0.1) is 5.69 Å². The number of hydrogen-bond donors (Lipinski definition) is 1. The van der Waals surface area contributed by atoms with Crippen molar-refractivity contribution in [3.05, 3.63) is 29.3 Å². The zero-order valence-corrected chi connectivity index (χ0v) is 6.68. The van der Waals surface area contributed by atoms with Gasteiger partial charge in [0.15, 0.2) is 6.19 Å². The highest BCUT2D eigenvalue weighted by Crippen LogP contribution is 2.14. The summed E-state index contributed by atoms with van der Waals surface area (Å²) in [5, 5.41) is 11.0. The number of nitrogens with zero attached hydrogens (tertiary/aromatic N) is 1. The fourth-order valence-corrected chi connectivity index (χ4v) is 1.01. The Balaban J connectivity index is 3.01. The maximum absolute atomic E-state index is 8.35. The minimum Gasteiger partial charge on any atom is -0.293 e. The maximum Gasteiger partial charge on any atom is 0.181 e. The third-order valence-electron chi connectivity index (χ3n) is 1.57. The number of nitriles is 1. The van der Waals surface area contributed by atoms with Crippen LogP contribution in [0.25, 0.3) is 0 Å². The van der Waals surface area contributed by atoms with E-state index in [2.05, 4.69) is 5.32 Å². The topological polar surface area (TPSA) is 35.8 Å². The molecule has 0 aliphatic carbocycles. The Labute approximate surface area is 66.5 Å². The normalized spacial score (nSPS) is 8.82. The lowest BCUT2D eigenvalue weighted by Gasteiger charge is -2.02. The van der Waals surface area contributed by atoms with Gasteiger partial charge in [0, 0.05) is 0 Å². The molecule has 2 nitrogen and oxygen atoms in total. The van der Waals surface area contributed by atoms with Gasteiger partial charge in [-0.2, -0.15) is 5.26 Å². The second kappa shape index (κ2) is 3.07. The lowest BCUT2D eigenvalue weighted by Crippen LogP contribution is -1.90. The lowest BCUT2D eigenvalue weighted by atomic mass is 10.1. The standard InChI is InChI=1S/C9H10N2/c1-7-3-4-9(11-6-10)8(2)5-7/h3-5,11H,1-2H3. The zero-order chi connectivity index (χ0) is 8.27. The van der Waals surface area contributed by atoms with E-state index in [1.54, 1.807) is 0 Å². The molecule has 0 heterocycles. The highest BCUT2D eigenvalue weighted by atomic mass is 14.9. The van der Waals surface area contributed by atoms with Gasteiger partial charge in [-0.3, -0.25) is 5.32 Å². The SMILES string of the molecule is Cc1ccc(NC#N)c(C)c1. The molecular formula is C9H10N2. The zero-order valence-electron chi connectivity index (χ0n) is 6.68. The minimum atomic E-state index is 0.887. The predicted molar refractivity (Wildman–Crippen MR) is 45.2 cm³/mol. The first-order valence-corrected chi connectivity index (χ1v) is 3.46. The van der Waals surface area contributed by atoms with Crippen molar-refractivity contribution in [1.29, 1.82) is 5.26 Å². The van der Waals surface area contributed by atoms with Crippen molar-refractivity contribution in [3.8, 4) is 6.19 Å². The number of hydrogen-bond acceptors (Lipinski definition) is 2. The van der Waals surface area contributed by atoms with Crippen LogP contribution in [0.4, 0.5) is 5.69 Å². The Morgan fingerprint density at radius 3 is 2.64 bits per heavy atom. The van der Waals surface area contributed by atoms with Gasteiger partial charge in [-0.05, 0) is 25.5 Å². The summed E-state index contributed by atoms with van der Waals surface area (Å²) in [6.07, 6.45) is 1.89. The van der Waals surface area contributed by atoms with Crippen LogP contribution in [0.1, 0.15) is 11.1 Å². The highest BCUT2D eigenvalue weighted by molar-refractivity contribution is 5.54. The van der Waals surface area contributed by atoms with E-state index in [1.807, 2.05) is 38.2 Å². The fraction of sp³-hybridized carbons (Fsp3) is 0.222. The van der Waals surface area contributed by atoms with E-state index < -0.39 is 0 Å². The molecule has 0 spiro atoms. The summed E-state index contributed by atoms with van der Waals surface area (Å²) in [5.74, 6) is 0. The van der Waals surface area contributed by atoms with Gasteiger partial charge in [0.1, 0.15) is 0 Å². The molecule has 0 bridgehead atoms. The van der Waals surface area contributed by atoms with E-state index in [9.17, 15) is 0 Å². The number of benzene rings is 1. The molecule has 0 aliphatic heterocycles. The van der Waals surface area contributed by atoms with E-state index >= 15 is 0 Å². The Morgan fingerprint density at radius 2 is 2.09 bits per heavy atom. The molecule has 0 saturated carbocycles. The van der Waals surface area contributed by atoms with Crippen molar-refractivity contribution >= 4 is 5.69 Å². The van der Waals surface area contributed by atoms with Gasteiger partial charge in [-0.1, -0.05) is 17.7 Å². The van der Waals surface area contributed by atoms with Crippen molar-refractivity contribution < 1.29 is 0 Å². The highest BCUT2D eigenvalue weighted by Gasteiger charge is 1.94. The second-order valence-electron chi connectivity index (χ2n) is 2.56. The molecule has 1 N–H and O–H groups in total. The maximum atomic E-state index is 8.35. The fourth-order valence-electron chi connectivity index (χ4n) is 1.01. The first-order chi connectivity index (χ1) is 5.24. The summed E-state index contributed by atoms with van der Waals surface area (Å²) < 4.78 is 0. The number of aryl methyl sites for hydroxylation is 2. The largest absolute Gasteiger partial charge is 0.293 e. The molecule has 0 atom stereocenters. The van der Waals surface area contributed by atoms with Gasteiger partial charge in [-0.15, -0.1) is 0 Å². The molecule has 1 rings (SSSR count). The van der Waals surface area contributed by atoms with Gasteiger partial charge in [0.2, 0.25) is 0 Å². The van der Waals surface area contributed by atoms with Crippen LogP contribution in [0.15, 0.2) is 18.2 Å². The Bertz CT molecular complexity index is 297. The molecule has 0 amide bonds. The molecule has 1 aromatic rings. The van der Waals surface area contributed by atoms with E-state index in [0.29, 0.717) is 0 Å². The van der Waals surface area contributed by atoms with Crippen LogP contribution >= 0.6 is 0 Å². The lowest BCUT2D eigenvalue weighted by molar-refractivity contribution is 1.36. The van der Waals surface area contributed by atoms with Gasteiger partial charge >= 0.3 is 0 Å². The molecule has 0 radical (unpaired) electrons. The monoisotopic (exact) mass is 146 g/mol. The summed E-state index contributed by atoms with van der Waals surface area (Å²) in [5.41, 5.74) is 3.20. The average Bonchev–Trinajstić information content (AvgIpc) is 1.95. The van der Waals surface area contributed by atoms with Crippen LogP contribution in [-0.4, -0.2) is 0 Å². The molecule has 0 unspecified atom stereocenters. The van der Waals surface area contributed by atoms with Crippen LogP contribution in [0, 0.1) is 25.3 Å². The van der Waals surface area contributed by atoms with Crippen molar-refractivity contribution in [2.75, 3.05) is 5.32 Å². The summed E-state index contributed by atoms with van der Waals surface area (Å²) >= 11 is 0. The Kier molecular flexibility index (Phi) is 2.12. The van der Waals surface area contributed by atoms with Crippen LogP contribution in [-0.2, 0) is 0 Å². The van der Waals surface area contributed by atoms with E-state index in [4.69, 9.17) is 5.26 Å². The molecule has 11 heavy (non-hydrogen) atoms. The Morgan fingerprint density at radius 1 is 1.36 bits per heavy atom. The van der Waals surface area contributed by atoms with Crippen LogP contribution in [0.2, 0.25) is 0 Å². The smallest absolute Gasteiger partial charge is 0.181 e. The van der Waals surface area contributed by atoms with Crippen molar-refractivity contribution in [1.82, 2.24) is 0 Å². The number of nitrogens with one attached hydrogen (secondary N) is 1. The van der Waals surface area contributed by atoms with Crippen LogP contribution in [0.5, 0.6) is 0 Å². The second-order valence-corrected chi connectivity index (χ2v) is 2.56. The van der Waals surface area contributed by atoms with Crippen LogP contribution in [0.3, 0.4) is 0 Å². The minimum absolute atomic E-state index is 0.887. The first-order valence-electron chi connectivity index (χ1n) is 3.46. The van der Waals surface area contributed by atoms with Gasteiger partial charge < -0.3 is 0 Å². The molecule has 1 aromatic carbocycles. The number of anilines is 1.